The molecule has 1 amide bonds. The van der Waals surface area contributed by atoms with Gasteiger partial charge in [-0.05, 0) is 36.6 Å². The van der Waals surface area contributed by atoms with Gasteiger partial charge in [-0.2, -0.15) is 0 Å². The third kappa shape index (κ3) is 5.48. The van der Waals surface area contributed by atoms with Crippen LogP contribution in [0.25, 0.3) is 0 Å². The van der Waals surface area contributed by atoms with Gasteiger partial charge < -0.3 is 14.8 Å². The van der Waals surface area contributed by atoms with Crippen LogP contribution in [0.5, 0.6) is 11.5 Å². The van der Waals surface area contributed by atoms with E-state index in [1.54, 1.807) is 19.5 Å². The van der Waals surface area contributed by atoms with Crippen LogP contribution in [0.2, 0.25) is 0 Å². The maximum atomic E-state index is 12.1. The Morgan fingerprint density at radius 3 is 2.60 bits per heavy atom. The van der Waals surface area contributed by atoms with E-state index in [0.29, 0.717) is 24.7 Å². The highest BCUT2D eigenvalue weighted by Crippen LogP contribution is 2.28. The van der Waals surface area contributed by atoms with Gasteiger partial charge in [0.2, 0.25) is 5.91 Å². The molecule has 0 aliphatic heterocycles. The summed E-state index contributed by atoms with van der Waals surface area (Å²) in [7, 11) is 1.61. The van der Waals surface area contributed by atoms with E-state index < -0.39 is 0 Å². The van der Waals surface area contributed by atoms with Gasteiger partial charge in [0.25, 0.3) is 0 Å². The summed E-state index contributed by atoms with van der Waals surface area (Å²) in [6.07, 6.45) is 5.21. The van der Waals surface area contributed by atoms with Crippen LogP contribution in [-0.2, 0) is 17.9 Å². The fraction of sp³-hybridized carbons (Fsp3) is 0.400. The van der Waals surface area contributed by atoms with Gasteiger partial charge in [0.1, 0.15) is 6.61 Å². The highest BCUT2D eigenvalue weighted by Gasteiger charge is 2.14. The number of aromatic nitrogens is 1. The molecule has 0 fully saturated rings. The molecule has 0 bridgehead atoms. The molecule has 1 aromatic carbocycles. The molecule has 0 atom stereocenters. The van der Waals surface area contributed by atoms with Crippen molar-refractivity contribution in [1.29, 1.82) is 0 Å². The number of hydrogen-bond acceptors (Lipinski definition) is 4. The van der Waals surface area contributed by atoms with Crippen LogP contribution in [0.3, 0.4) is 0 Å². The van der Waals surface area contributed by atoms with E-state index in [1.165, 1.54) is 0 Å². The van der Waals surface area contributed by atoms with Gasteiger partial charge in [-0.3, -0.25) is 9.78 Å². The van der Waals surface area contributed by atoms with Crippen LogP contribution in [0.1, 0.15) is 37.8 Å². The van der Waals surface area contributed by atoms with Gasteiger partial charge in [-0.25, -0.2) is 0 Å². The second-order valence-electron chi connectivity index (χ2n) is 5.87. The molecular weight excluding hydrogens is 316 g/mol. The minimum Gasteiger partial charge on any atom is -0.493 e. The van der Waals surface area contributed by atoms with Crippen molar-refractivity contribution < 1.29 is 14.3 Å². The number of hydrogen-bond donors (Lipinski definition) is 1. The highest BCUT2D eigenvalue weighted by molar-refractivity contribution is 5.78. The summed E-state index contributed by atoms with van der Waals surface area (Å²) in [6, 6.07) is 9.54. The minimum atomic E-state index is 0.0731. The lowest BCUT2D eigenvalue weighted by atomic mass is 10.0. The third-order valence-electron chi connectivity index (χ3n) is 4.17. The molecule has 0 spiro atoms. The van der Waals surface area contributed by atoms with Crippen molar-refractivity contribution in [1.82, 2.24) is 10.3 Å². The van der Waals surface area contributed by atoms with E-state index in [4.69, 9.17) is 9.47 Å². The Bertz CT molecular complexity index is 670. The molecule has 0 radical (unpaired) electrons. The second-order valence-corrected chi connectivity index (χ2v) is 5.87. The van der Waals surface area contributed by atoms with E-state index in [2.05, 4.69) is 10.3 Å². The number of carbonyl (C=O) groups excluding carboxylic acids is 1. The molecule has 1 N–H and O–H groups in total. The minimum absolute atomic E-state index is 0.0731. The molecule has 0 aliphatic carbocycles. The van der Waals surface area contributed by atoms with Crippen molar-refractivity contribution in [3.63, 3.8) is 0 Å². The molecule has 0 saturated carbocycles. The first-order valence-corrected chi connectivity index (χ1v) is 8.64. The molecule has 5 heteroatoms. The Balaban J connectivity index is 1.97. The molecule has 2 rings (SSSR count). The summed E-state index contributed by atoms with van der Waals surface area (Å²) < 4.78 is 11.2. The Labute approximate surface area is 149 Å². The fourth-order valence-electron chi connectivity index (χ4n) is 2.58. The largest absolute Gasteiger partial charge is 0.493 e. The first-order chi connectivity index (χ1) is 12.2. The average Bonchev–Trinajstić information content (AvgIpc) is 2.66. The Morgan fingerprint density at radius 1 is 1.16 bits per heavy atom. The zero-order valence-corrected chi connectivity index (χ0v) is 15.1. The summed E-state index contributed by atoms with van der Waals surface area (Å²) >= 11 is 0. The SMILES string of the molecule is CCC(CC)C(=O)NCc1ccc(OCc2cccnc2)c(OC)c1. The molecule has 2 aromatic rings. The van der Waals surface area contributed by atoms with Gasteiger partial charge in [-0.1, -0.05) is 26.0 Å². The number of nitrogens with zero attached hydrogens (tertiary/aromatic N) is 1. The Kier molecular flexibility index (Phi) is 7.26. The van der Waals surface area contributed by atoms with E-state index in [1.807, 2.05) is 44.2 Å². The number of carbonyl (C=O) groups is 1. The molecule has 0 saturated heterocycles. The van der Waals surface area contributed by atoms with Crippen molar-refractivity contribution in [2.24, 2.45) is 5.92 Å². The number of ether oxygens (including phenoxy) is 2. The van der Waals surface area contributed by atoms with Gasteiger partial charge in [0, 0.05) is 30.4 Å². The Hall–Kier alpha value is -2.56. The number of amides is 1. The quantitative estimate of drug-likeness (QED) is 0.754. The second kappa shape index (κ2) is 9.67. The van der Waals surface area contributed by atoms with Crippen molar-refractivity contribution >= 4 is 5.91 Å². The predicted molar refractivity (Wildman–Crippen MR) is 97.5 cm³/mol. The topological polar surface area (TPSA) is 60.5 Å². The van der Waals surface area contributed by atoms with Gasteiger partial charge in [0.15, 0.2) is 11.5 Å². The lowest BCUT2D eigenvalue weighted by Crippen LogP contribution is -2.29. The van der Waals surface area contributed by atoms with Crippen LogP contribution in [0, 0.1) is 5.92 Å². The summed E-state index contributed by atoms with van der Waals surface area (Å²) in [5.74, 6) is 1.49. The molecular formula is C20H26N2O3. The molecule has 1 aromatic heterocycles. The zero-order chi connectivity index (χ0) is 18.1. The number of rotatable bonds is 9. The monoisotopic (exact) mass is 342 g/mol. The average molecular weight is 342 g/mol. The molecule has 134 valence electrons. The molecule has 5 nitrogen and oxygen atoms in total. The van der Waals surface area contributed by atoms with Crippen LogP contribution in [0.4, 0.5) is 0 Å². The van der Waals surface area contributed by atoms with Crippen molar-refractivity contribution in [2.75, 3.05) is 7.11 Å². The van der Waals surface area contributed by atoms with Crippen molar-refractivity contribution in [3.05, 3.63) is 53.9 Å². The number of nitrogens with one attached hydrogen (secondary N) is 1. The number of methoxy groups -OCH3 is 1. The molecule has 1 heterocycles. The smallest absolute Gasteiger partial charge is 0.223 e. The fourth-order valence-corrected chi connectivity index (χ4v) is 2.58. The first kappa shape index (κ1) is 18.8. The van der Waals surface area contributed by atoms with E-state index in [-0.39, 0.29) is 11.8 Å². The standard InChI is InChI=1S/C20H26N2O3/c1-4-17(5-2)20(23)22-13-15-8-9-18(19(11-15)24-3)25-14-16-7-6-10-21-12-16/h6-12,17H,4-5,13-14H2,1-3H3,(H,22,23). The Morgan fingerprint density at radius 2 is 1.96 bits per heavy atom. The summed E-state index contributed by atoms with van der Waals surface area (Å²) in [5.41, 5.74) is 1.97. The number of benzene rings is 1. The lowest BCUT2D eigenvalue weighted by molar-refractivity contribution is -0.125. The van der Waals surface area contributed by atoms with Crippen molar-refractivity contribution in [2.45, 2.75) is 39.8 Å². The molecule has 0 aliphatic rings. The lowest BCUT2D eigenvalue weighted by Gasteiger charge is -2.15. The van der Waals surface area contributed by atoms with Crippen LogP contribution in [0.15, 0.2) is 42.7 Å². The zero-order valence-electron chi connectivity index (χ0n) is 15.1. The molecule has 25 heavy (non-hydrogen) atoms. The van der Waals surface area contributed by atoms with Crippen molar-refractivity contribution in [3.8, 4) is 11.5 Å². The van der Waals surface area contributed by atoms with E-state index in [0.717, 1.165) is 24.0 Å². The van der Waals surface area contributed by atoms with E-state index >= 15 is 0 Å². The van der Waals surface area contributed by atoms with Crippen LogP contribution < -0.4 is 14.8 Å². The summed E-state index contributed by atoms with van der Waals surface area (Å²) in [4.78, 5) is 16.2. The molecule has 0 unspecified atom stereocenters. The van der Waals surface area contributed by atoms with Crippen LogP contribution in [-0.4, -0.2) is 18.0 Å². The number of pyridine rings is 1. The third-order valence-corrected chi connectivity index (χ3v) is 4.17. The highest BCUT2D eigenvalue weighted by atomic mass is 16.5. The first-order valence-electron chi connectivity index (χ1n) is 8.64. The maximum Gasteiger partial charge on any atom is 0.223 e. The van der Waals surface area contributed by atoms with E-state index in [9.17, 15) is 4.79 Å². The predicted octanol–water partition coefficient (Wildman–Crippen LogP) is 3.72. The van der Waals surface area contributed by atoms with Gasteiger partial charge >= 0.3 is 0 Å². The summed E-state index contributed by atoms with van der Waals surface area (Å²) in [5, 5.41) is 2.99. The normalized spacial score (nSPS) is 10.6. The van der Waals surface area contributed by atoms with Gasteiger partial charge in [-0.15, -0.1) is 0 Å². The maximum absolute atomic E-state index is 12.1. The van der Waals surface area contributed by atoms with Crippen LogP contribution >= 0.6 is 0 Å². The van der Waals surface area contributed by atoms with Gasteiger partial charge in [0.05, 0.1) is 7.11 Å². The summed E-state index contributed by atoms with van der Waals surface area (Å²) in [6.45, 7) is 4.97.